The molecular formula is C15H13ClN2O4. The van der Waals surface area contributed by atoms with Gasteiger partial charge in [0.15, 0.2) is 6.61 Å². The number of nitrogens with zero attached hydrogens (tertiary/aromatic N) is 1. The number of hydrogen-bond donors (Lipinski definition) is 1. The maximum atomic E-state index is 11.9. The van der Waals surface area contributed by atoms with Crippen molar-refractivity contribution in [1.29, 1.82) is 0 Å². The van der Waals surface area contributed by atoms with Crippen LogP contribution in [0.2, 0.25) is 5.02 Å². The summed E-state index contributed by atoms with van der Waals surface area (Å²) in [7, 11) is 0. The first kappa shape index (κ1) is 15.8. The lowest BCUT2D eigenvalue weighted by molar-refractivity contribution is -0.383. The van der Waals surface area contributed by atoms with Crippen molar-refractivity contribution >= 4 is 28.9 Å². The Balaban J connectivity index is 2.04. The Bertz CT molecular complexity index is 718. The second-order valence-electron chi connectivity index (χ2n) is 4.52. The van der Waals surface area contributed by atoms with E-state index in [2.05, 4.69) is 5.32 Å². The van der Waals surface area contributed by atoms with E-state index in [0.29, 0.717) is 5.75 Å². The molecule has 0 spiro atoms. The third kappa shape index (κ3) is 3.95. The molecule has 1 amide bonds. The number of nitrogens with one attached hydrogen (secondary N) is 1. The Hall–Kier alpha value is -2.60. The summed E-state index contributed by atoms with van der Waals surface area (Å²) in [5.41, 5.74) is 0.706. The minimum atomic E-state index is -0.607. The molecule has 0 fully saturated rings. The number of halogens is 1. The highest BCUT2D eigenvalue weighted by Gasteiger charge is 2.16. The SMILES string of the molecule is Cc1ccccc1OCC(=O)Nc1ccc(Cl)cc1[N+](=O)[O-]. The monoisotopic (exact) mass is 320 g/mol. The van der Waals surface area contributed by atoms with E-state index in [9.17, 15) is 14.9 Å². The summed E-state index contributed by atoms with van der Waals surface area (Å²) in [6.45, 7) is 1.61. The van der Waals surface area contributed by atoms with Crippen molar-refractivity contribution in [3.05, 3.63) is 63.2 Å². The van der Waals surface area contributed by atoms with Gasteiger partial charge in [-0.1, -0.05) is 29.8 Å². The molecule has 6 nitrogen and oxygen atoms in total. The average Bonchev–Trinajstić information content (AvgIpc) is 2.48. The second-order valence-corrected chi connectivity index (χ2v) is 4.96. The Morgan fingerprint density at radius 3 is 2.73 bits per heavy atom. The zero-order valence-electron chi connectivity index (χ0n) is 11.7. The second kappa shape index (κ2) is 6.91. The highest BCUT2D eigenvalue weighted by Crippen LogP contribution is 2.27. The van der Waals surface area contributed by atoms with Gasteiger partial charge < -0.3 is 10.1 Å². The lowest BCUT2D eigenvalue weighted by atomic mass is 10.2. The zero-order valence-corrected chi connectivity index (χ0v) is 12.5. The van der Waals surface area contributed by atoms with Crippen LogP contribution in [-0.2, 0) is 4.79 Å². The van der Waals surface area contributed by atoms with Gasteiger partial charge in [0.1, 0.15) is 11.4 Å². The van der Waals surface area contributed by atoms with Gasteiger partial charge in [-0.2, -0.15) is 0 Å². The minimum absolute atomic E-state index is 0.0767. The molecule has 0 saturated carbocycles. The molecule has 22 heavy (non-hydrogen) atoms. The van der Waals surface area contributed by atoms with Crippen molar-refractivity contribution in [1.82, 2.24) is 0 Å². The van der Waals surface area contributed by atoms with Crippen molar-refractivity contribution < 1.29 is 14.5 Å². The number of rotatable bonds is 5. The first-order valence-electron chi connectivity index (χ1n) is 6.39. The van der Waals surface area contributed by atoms with E-state index >= 15 is 0 Å². The molecule has 2 aromatic carbocycles. The van der Waals surface area contributed by atoms with Gasteiger partial charge in [0.05, 0.1) is 4.92 Å². The number of ether oxygens (including phenoxy) is 1. The molecule has 0 aliphatic carbocycles. The van der Waals surface area contributed by atoms with Crippen molar-refractivity contribution in [2.45, 2.75) is 6.92 Å². The molecule has 0 saturated heterocycles. The van der Waals surface area contributed by atoms with Crippen molar-refractivity contribution in [2.24, 2.45) is 0 Å². The van der Waals surface area contributed by atoms with Crippen LogP contribution in [-0.4, -0.2) is 17.4 Å². The molecule has 2 rings (SSSR count). The van der Waals surface area contributed by atoms with Gasteiger partial charge in [0.2, 0.25) is 0 Å². The fraction of sp³-hybridized carbons (Fsp3) is 0.133. The molecule has 0 unspecified atom stereocenters. The number of carbonyl (C=O) groups excluding carboxylic acids is 1. The number of para-hydroxylation sites is 1. The van der Waals surface area contributed by atoms with E-state index in [1.165, 1.54) is 18.2 Å². The topological polar surface area (TPSA) is 81.5 Å². The maximum absolute atomic E-state index is 11.9. The summed E-state index contributed by atoms with van der Waals surface area (Å²) < 4.78 is 5.39. The van der Waals surface area contributed by atoms with Crippen molar-refractivity contribution in [2.75, 3.05) is 11.9 Å². The minimum Gasteiger partial charge on any atom is -0.483 e. The highest BCUT2D eigenvalue weighted by molar-refractivity contribution is 6.31. The van der Waals surface area contributed by atoms with Crippen LogP contribution in [0, 0.1) is 17.0 Å². The first-order chi connectivity index (χ1) is 10.5. The van der Waals surface area contributed by atoms with Crippen LogP contribution < -0.4 is 10.1 Å². The molecule has 2 aromatic rings. The van der Waals surface area contributed by atoms with E-state index in [4.69, 9.17) is 16.3 Å². The van der Waals surface area contributed by atoms with Gasteiger partial charge in [-0.25, -0.2) is 0 Å². The number of hydrogen-bond acceptors (Lipinski definition) is 4. The van der Waals surface area contributed by atoms with Gasteiger partial charge in [-0.3, -0.25) is 14.9 Å². The van der Waals surface area contributed by atoms with E-state index in [-0.39, 0.29) is 23.0 Å². The molecule has 0 aliphatic rings. The molecule has 1 N–H and O–H groups in total. The Labute approximate surface area is 131 Å². The maximum Gasteiger partial charge on any atom is 0.294 e. The fourth-order valence-corrected chi connectivity index (χ4v) is 1.98. The molecule has 0 heterocycles. The van der Waals surface area contributed by atoms with Crippen LogP contribution in [0.5, 0.6) is 5.75 Å². The Kier molecular flexibility index (Phi) is 4.95. The molecule has 0 aliphatic heterocycles. The lowest BCUT2D eigenvalue weighted by Gasteiger charge is -2.09. The van der Waals surface area contributed by atoms with Crippen LogP contribution in [0.25, 0.3) is 0 Å². The molecule has 0 atom stereocenters. The van der Waals surface area contributed by atoms with Gasteiger partial charge in [0.25, 0.3) is 11.6 Å². The normalized spacial score (nSPS) is 10.1. The number of carbonyl (C=O) groups is 1. The van der Waals surface area contributed by atoms with Crippen LogP contribution in [0.15, 0.2) is 42.5 Å². The van der Waals surface area contributed by atoms with Crippen LogP contribution in [0.3, 0.4) is 0 Å². The number of nitro benzene ring substituents is 1. The van der Waals surface area contributed by atoms with Crippen molar-refractivity contribution in [3.8, 4) is 5.75 Å². The molecule has 114 valence electrons. The van der Waals surface area contributed by atoms with Gasteiger partial charge in [-0.05, 0) is 30.7 Å². The number of anilines is 1. The molecule has 0 bridgehead atoms. The molecule has 7 heteroatoms. The summed E-state index contributed by atoms with van der Waals surface area (Å²) in [5.74, 6) is 0.0944. The summed E-state index contributed by atoms with van der Waals surface area (Å²) in [6.07, 6.45) is 0. The van der Waals surface area contributed by atoms with E-state index in [1.807, 2.05) is 19.1 Å². The predicted octanol–water partition coefficient (Wildman–Crippen LogP) is 3.57. The van der Waals surface area contributed by atoms with E-state index < -0.39 is 10.8 Å². The Morgan fingerprint density at radius 1 is 1.32 bits per heavy atom. The fourth-order valence-electron chi connectivity index (χ4n) is 1.81. The van der Waals surface area contributed by atoms with E-state index in [0.717, 1.165) is 5.56 Å². The largest absolute Gasteiger partial charge is 0.483 e. The molecule has 0 radical (unpaired) electrons. The van der Waals surface area contributed by atoms with Crippen LogP contribution in [0.4, 0.5) is 11.4 Å². The first-order valence-corrected chi connectivity index (χ1v) is 6.77. The van der Waals surface area contributed by atoms with E-state index in [1.54, 1.807) is 12.1 Å². The number of aryl methyl sites for hydroxylation is 1. The number of amides is 1. The standard InChI is InChI=1S/C15H13ClN2O4/c1-10-4-2-3-5-14(10)22-9-15(19)17-12-7-6-11(16)8-13(12)18(20)21/h2-8H,9H2,1H3,(H,17,19). The van der Waals surface area contributed by atoms with Gasteiger partial charge in [0, 0.05) is 11.1 Å². The quantitative estimate of drug-likeness (QED) is 0.674. The van der Waals surface area contributed by atoms with Gasteiger partial charge >= 0.3 is 0 Å². The Morgan fingerprint density at radius 2 is 2.05 bits per heavy atom. The predicted molar refractivity (Wildman–Crippen MR) is 83.4 cm³/mol. The van der Waals surface area contributed by atoms with Crippen molar-refractivity contribution in [3.63, 3.8) is 0 Å². The summed E-state index contributed by atoms with van der Waals surface area (Å²) in [4.78, 5) is 22.2. The van der Waals surface area contributed by atoms with Gasteiger partial charge in [-0.15, -0.1) is 0 Å². The molecular weight excluding hydrogens is 308 g/mol. The zero-order chi connectivity index (χ0) is 16.1. The smallest absolute Gasteiger partial charge is 0.294 e. The summed E-state index contributed by atoms with van der Waals surface area (Å²) >= 11 is 5.71. The van der Waals surface area contributed by atoms with Crippen LogP contribution in [0.1, 0.15) is 5.56 Å². The van der Waals surface area contributed by atoms with Crippen LogP contribution >= 0.6 is 11.6 Å². The average molecular weight is 321 g/mol. The lowest BCUT2D eigenvalue weighted by Crippen LogP contribution is -2.21. The highest BCUT2D eigenvalue weighted by atomic mass is 35.5. The third-order valence-electron chi connectivity index (χ3n) is 2.88. The molecule has 0 aromatic heterocycles. The third-order valence-corrected chi connectivity index (χ3v) is 3.12. The number of benzene rings is 2. The number of nitro groups is 1. The summed E-state index contributed by atoms with van der Waals surface area (Å²) in [5, 5.41) is 13.6. The summed E-state index contributed by atoms with van der Waals surface area (Å²) in [6, 6.07) is 11.3.